The molecule has 1 aromatic rings. The maximum Gasteiger partial charge on any atom is 0.339 e. The molecule has 0 atom stereocenters. The van der Waals surface area contributed by atoms with Crippen molar-refractivity contribution in [1.29, 1.82) is 0 Å². The van der Waals surface area contributed by atoms with Crippen molar-refractivity contribution in [2.24, 2.45) is 0 Å². The van der Waals surface area contributed by atoms with Crippen LogP contribution in [0.4, 0.5) is 0 Å². The van der Waals surface area contributed by atoms with Crippen molar-refractivity contribution in [2.45, 2.75) is 39.7 Å². The summed E-state index contributed by atoms with van der Waals surface area (Å²) in [5.74, 6) is -0.119. The number of carboxylic acid groups (broad SMARTS) is 1. The second-order valence-electron chi connectivity index (χ2n) is 5.62. The highest BCUT2D eigenvalue weighted by Crippen LogP contribution is 2.25. The molecule has 0 amide bonds. The minimum absolute atomic E-state index is 0.120. The first-order valence-electron chi connectivity index (χ1n) is 7.10. The normalized spacial score (nSPS) is 11.2. The van der Waals surface area contributed by atoms with Crippen LogP contribution in [0.5, 0.6) is 11.5 Å². The second kappa shape index (κ2) is 7.88. The summed E-state index contributed by atoms with van der Waals surface area (Å²) in [5.41, 5.74) is -0.125. The number of carbonyl (C=O) groups is 1. The Morgan fingerprint density at radius 3 is 2.43 bits per heavy atom. The minimum atomic E-state index is -1.02. The first-order valence-corrected chi connectivity index (χ1v) is 7.10. The molecule has 1 rings (SSSR count). The SMILES string of the molecule is CCCOc1ccc(C(=O)O)c(OCCOC(C)(C)C)c1. The molecule has 0 radical (unpaired) electrons. The summed E-state index contributed by atoms with van der Waals surface area (Å²) in [7, 11) is 0. The number of ether oxygens (including phenoxy) is 3. The molecule has 0 aliphatic rings. The van der Waals surface area contributed by atoms with E-state index < -0.39 is 5.97 Å². The van der Waals surface area contributed by atoms with Gasteiger partial charge in [0.15, 0.2) is 0 Å². The Morgan fingerprint density at radius 2 is 1.86 bits per heavy atom. The summed E-state index contributed by atoms with van der Waals surface area (Å²) < 4.78 is 16.6. The molecule has 0 aromatic heterocycles. The topological polar surface area (TPSA) is 65.0 Å². The summed E-state index contributed by atoms with van der Waals surface area (Å²) >= 11 is 0. The van der Waals surface area contributed by atoms with Crippen molar-refractivity contribution in [1.82, 2.24) is 0 Å². The maximum atomic E-state index is 11.2. The van der Waals surface area contributed by atoms with E-state index in [4.69, 9.17) is 19.3 Å². The fourth-order valence-corrected chi connectivity index (χ4v) is 1.61. The third-order valence-electron chi connectivity index (χ3n) is 2.53. The lowest BCUT2D eigenvalue weighted by Crippen LogP contribution is -2.22. The van der Waals surface area contributed by atoms with E-state index in [0.29, 0.717) is 24.7 Å². The summed E-state index contributed by atoms with van der Waals surface area (Å²) in [4.78, 5) is 11.2. The average molecular weight is 296 g/mol. The van der Waals surface area contributed by atoms with Gasteiger partial charge in [0.25, 0.3) is 0 Å². The van der Waals surface area contributed by atoms with Crippen molar-refractivity contribution in [3.8, 4) is 11.5 Å². The molecule has 0 unspecified atom stereocenters. The Labute approximate surface area is 125 Å². The Morgan fingerprint density at radius 1 is 1.14 bits per heavy atom. The fraction of sp³-hybridized carbons (Fsp3) is 0.562. The second-order valence-corrected chi connectivity index (χ2v) is 5.62. The third kappa shape index (κ3) is 6.49. The predicted octanol–water partition coefficient (Wildman–Crippen LogP) is 3.37. The van der Waals surface area contributed by atoms with Crippen molar-refractivity contribution in [2.75, 3.05) is 19.8 Å². The van der Waals surface area contributed by atoms with Gasteiger partial charge in [-0.15, -0.1) is 0 Å². The number of rotatable bonds is 8. The van der Waals surface area contributed by atoms with E-state index in [1.807, 2.05) is 27.7 Å². The molecule has 0 spiro atoms. The zero-order chi connectivity index (χ0) is 15.9. The molecule has 0 saturated heterocycles. The summed E-state index contributed by atoms with van der Waals surface area (Å²) in [6.45, 7) is 9.13. The van der Waals surface area contributed by atoms with Crippen LogP contribution in [0.2, 0.25) is 0 Å². The molecule has 1 aromatic carbocycles. The smallest absolute Gasteiger partial charge is 0.339 e. The summed E-state index contributed by atoms with van der Waals surface area (Å²) in [6, 6.07) is 4.74. The van der Waals surface area contributed by atoms with Gasteiger partial charge in [0.1, 0.15) is 23.7 Å². The zero-order valence-electron chi connectivity index (χ0n) is 13.1. The van der Waals surface area contributed by atoms with Gasteiger partial charge in [-0.3, -0.25) is 0 Å². The zero-order valence-corrected chi connectivity index (χ0v) is 13.1. The molecular weight excluding hydrogens is 272 g/mol. The number of carboxylic acids is 1. The molecule has 0 fully saturated rings. The van der Waals surface area contributed by atoms with Gasteiger partial charge in [-0.05, 0) is 39.3 Å². The number of aromatic carboxylic acids is 1. The van der Waals surface area contributed by atoms with Crippen LogP contribution in [0.1, 0.15) is 44.5 Å². The number of benzene rings is 1. The molecule has 0 aliphatic carbocycles. The molecular formula is C16H24O5. The van der Waals surface area contributed by atoms with Crippen LogP contribution < -0.4 is 9.47 Å². The maximum absolute atomic E-state index is 11.2. The van der Waals surface area contributed by atoms with Crippen LogP contribution in [0.15, 0.2) is 18.2 Å². The fourth-order valence-electron chi connectivity index (χ4n) is 1.61. The summed E-state index contributed by atoms with van der Waals surface area (Å²) in [5, 5.41) is 9.17. The molecule has 0 aliphatic heterocycles. The largest absolute Gasteiger partial charge is 0.493 e. The van der Waals surface area contributed by atoms with E-state index in [9.17, 15) is 4.79 Å². The van der Waals surface area contributed by atoms with Gasteiger partial charge in [0.2, 0.25) is 0 Å². The first-order chi connectivity index (χ1) is 9.83. The van der Waals surface area contributed by atoms with Crippen LogP contribution in [0, 0.1) is 0 Å². The van der Waals surface area contributed by atoms with Crippen LogP contribution in [-0.4, -0.2) is 36.5 Å². The molecule has 118 valence electrons. The highest BCUT2D eigenvalue weighted by atomic mass is 16.5. The van der Waals surface area contributed by atoms with Crippen molar-refractivity contribution >= 4 is 5.97 Å². The summed E-state index contributed by atoms with van der Waals surface area (Å²) in [6.07, 6.45) is 0.885. The lowest BCUT2D eigenvalue weighted by Gasteiger charge is -2.20. The quantitative estimate of drug-likeness (QED) is 0.745. The molecule has 5 heteroatoms. The monoisotopic (exact) mass is 296 g/mol. The molecule has 0 heterocycles. The average Bonchev–Trinajstić information content (AvgIpc) is 2.40. The molecule has 0 bridgehead atoms. The van der Waals surface area contributed by atoms with Gasteiger partial charge in [-0.2, -0.15) is 0 Å². The van der Waals surface area contributed by atoms with Crippen molar-refractivity contribution in [3.05, 3.63) is 23.8 Å². The van der Waals surface area contributed by atoms with E-state index in [0.717, 1.165) is 6.42 Å². The van der Waals surface area contributed by atoms with Crippen LogP contribution in [-0.2, 0) is 4.74 Å². The highest BCUT2D eigenvalue weighted by molar-refractivity contribution is 5.91. The standard InChI is InChI=1S/C16H24O5/c1-5-8-19-12-6-7-13(15(17)18)14(11-12)20-9-10-21-16(2,3)4/h6-7,11H,5,8-10H2,1-4H3,(H,17,18). The predicted molar refractivity (Wildman–Crippen MR) is 80.4 cm³/mol. The minimum Gasteiger partial charge on any atom is -0.493 e. The molecule has 5 nitrogen and oxygen atoms in total. The van der Waals surface area contributed by atoms with E-state index in [1.165, 1.54) is 6.07 Å². The van der Waals surface area contributed by atoms with Crippen molar-refractivity contribution in [3.63, 3.8) is 0 Å². The molecule has 0 saturated carbocycles. The van der Waals surface area contributed by atoms with Gasteiger partial charge >= 0.3 is 5.97 Å². The highest BCUT2D eigenvalue weighted by Gasteiger charge is 2.14. The van der Waals surface area contributed by atoms with E-state index >= 15 is 0 Å². The first kappa shape index (κ1) is 17.3. The van der Waals surface area contributed by atoms with Gasteiger partial charge in [0.05, 0.1) is 18.8 Å². The third-order valence-corrected chi connectivity index (χ3v) is 2.53. The van der Waals surface area contributed by atoms with Gasteiger partial charge in [0, 0.05) is 6.07 Å². The number of hydrogen-bond acceptors (Lipinski definition) is 4. The van der Waals surface area contributed by atoms with Crippen LogP contribution >= 0.6 is 0 Å². The van der Waals surface area contributed by atoms with Gasteiger partial charge in [-0.1, -0.05) is 6.92 Å². The number of hydrogen-bond donors (Lipinski definition) is 1. The van der Waals surface area contributed by atoms with E-state index in [1.54, 1.807) is 12.1 Å². The Kier molecular flexibility index (Phi) is 6.49. The van der Waals surface area contributed by atoms with E-state index in [-0.39, 0.29) is 17.8 Å². The van der Waals surface area contributed by atoms with Crippen LogP contribution in [0.25, 0.3) is 0 Å². The lowest BCUT2D eigenvalue weighted by molar-refractivity contribution is -0.0164. The van der Waals surface area contributed by atoms with E-state index in [2.05, 4.69) is 0 Å². The van der Waals surface area contributed by atoms with Gasteiger partial charge in [-0.25, -0.2) is 4.79 Å². The Hall–Kier alpha value is -1.75. The molecule has 21 heavy (non-hydrogen) atoms. The lowest BCUT2D eigenvalue weighted by atomic mass is 10.2. The van der Waals surface area contributed by atoms with Gasteiger partial charge < -0.3 is 19.3 Å². The molecule has 1 N–H and O–H groups in total. The Bertz CT molecular complexity index is 462. The van der Waals surface area contributed by atoms with Crippen molar-refractivity contribution < 1.29 is 24.1 Å². The van der Waals surface area contributed by atoms with Crippen LogP contribution in [0.3, 0.4) is 0 Å². The Balaban J connectivity index is 2.69.